The van der Waals surface area contributed by atoms with Gasteiger partial charge in [0.15, 0.2) is 0 Å². The summed E-state index contributed by atoms with van der Waals surface area (Å²) in [5.74, 6) is 1.97. The third kappa shape index (κ3) is 4.33. The number of benzene rings is 1. The molecule has 120 valence electrons. The normalized spacial score (nSPS) is 25.5. The molecule has 2 aliphatic rings. The summed E-state index contributed by atoms with van der Waals surface area (Å²) in [6.07, 6.45) is 7.80. The van der Waals surface area contributed by atoms with Crippen molar-refractivity contribution in [2.45, 2.75) is 38.5 Å². The molecule has 1 saturated carbocycles. The van der Waals surface area contributed by atoms with Gasteiger partial charge in [0.05, 0.1) is 6.54 Å². The smallest absolute Gasteiger partial charge is 0.234 e. The molecule has 2 atom stereocenters. The highest BCUT2D eigenvalue weighted by atomic mass is 16.2. The molecular weight excluding hydrogens is 272 g/mol. The molecule has 3 rings (SSSR count). The van der Waals surface area contributed by atoms with Crippen molar-refractivity contribution in [1.29, 1.82) is 0 Å². The summed E-state index contributed by atoms with van der Waals surface area (Å²) in [6, 6.07) is 10.3. The molecule has 3 nitrogen and oxygen atoms in total. The number of amides is 1. The molecule has 3 heteroatoms. The maximum atomic E-state index is 12.1. The lowest BCUT2D eigenvalue weighted by Crippen LogP contribution is -2.46. The molecular formula is C19H28N2O. The summed E-state index contributed by atoms with van der Waals surface area (Å²) in [6.45, 7) is 3.56. The van der Waals surface area contributed by atoms with Crippen molar-refractivity contribution in [2.75, 3.05) is 26.2 Å². The van der Waals surface area contributed by atoms with E-state index in [4.69, 9.17) is 0 Å². The van der Waals surface area contributed by atoms with Crippen molar-refractivity contribution in [2.24, 2.45) is 11.8 Å². The maximum Gasteiger partial charge on any atom is 0.234 e. The fraction of sp³-hybridized carbons (Fsp3) is 0.632. The van der Waals surface area contributed by atoms with Crippen LogP contribution in [0.1, 0.15) is 37.7 Å². The molecule has 2 fully saturated rings. The van der Waals surface area contributed by atoms with Gasteiger partial charge in [-0.1, -0.05) is 49.6 Å². The van der Waals surface area contributed by atoms with Gasteiger partial charge in [0.25, 0.3) is 0 Å². The summed E-state index contributed by atoms with van der Waals surface area (Å²) in [4.78, 5) is 14.5. The van der Waals surface area contributed by atoms with E-state index in [0.717, 1.165) is 37.9 Å². The fourth-order valence-corrected chi connectivity index (χ4v) is 4.07. The lowest BCUT2D eigenvalue weighted by Gasteiger charge is -2.41. The van der Waals surface area contributed by atoms with Crippen LogP contribution in [0.5, 0.6) is 0 Å². The van der Waals surface area contributed by atoms with Crippen LogP contribution in [-0.2, 0) is 11.2 Å². The number of nitrogens with zero attached hydrogens (tertiary/aromatic N) is 1. The predicted octanol–water partition coefficient (Wildman–Crippen LogP) is 2.86. The minimum atomic E-state index is 0.185. The highest BCUT2D eigenvalue weighted by molar-refractivity contribution is 5.78. The number of nitrogens with one attached hydrogen (secondary N) is 1. The average Bonchev–Trinajstić information content (AvgIpc) is 2.56. The van der Waals surface area contributed by atoms with Crippen molar-refractivity contribution in [3.05, 3.63) is 35.9 Å². The number of carbonyl (C=O) groups is 1. The van der Waals surface area contributed by atoms with Crippen molar-refractivity contribution in [3.63, 3.8) is 0 Å². The van der Waals surface area contributed by atoms with E-state index in [-0.39, 0.29) is 5.91 Å². The molecule has 1 amide bonds. The largest absolute Gasteiger partial charge is 0.355 e. The number of hydrogen-bond acceptors (Lipinski definition) is 2. The van der Waals surface area contributed by atoms with Gasteiger partial charge in [0.2, 0.25) is 5.91 Å². The Balaban J connectivity index is 1.37. The summed E-state index contributed by atoms with van der Waals surface area (Å²) < 4.78 is 0. The lowest BCUT2D eigenvalue weighted by molar-refractivity contribution is -0.123. The van der Waals surface area contributed by atoms with Crippen LogP contribution in [0.15, 0.2) is 30.3 Å². The summed E-state index contributed by atoms with van der Waals surface area (Å²) >= 11 is 0. The van der Waals surface area contributed by atoms with Gasteiger partial charge in [0, 0.05) is 13.1 Å². The van der Waals surface area contributed by atoms with Crippen LogP contribution in [0.3, 0.4) is 0 Å². The van der Waals surface area contributed by atoms with Gasteiger partial charge >= 0.3 is 0 Å². The molecule has 1 aliphatic heterocycles. The van der Waals surface area contributed by atoms with E-state index >= 15 is 0 Å². The fourth-order valence-electron chi connectivity index (χ4n) is 4.07. The highest BCUT2D eigenvalue weighted by Gasteiger charge is 2.31. The van der Waals surface area contributed by atoms with E-state index < -0.39 is 0 Å². The maximum absolute atomic E-state index is 12.1. The van der Waals surface area contributed by atoms with Crippen LogP contribution >= 0.6 is 0 Å². The van der Waals surface area contributed by atoms with E-state index in [2.05, 4.69) is 22.3 Å². The summed E-state index contributed by atoms with van der Waals surface area (Å²) in [5.41, 5.74) is 1.28. The highest BCUT2D eigenvalue weighted by Crippen LogP contribution is 2.35. The molecule has 1 heterocycles. The van der Waals surface area contributed by atoms with E-state index in [9.17, 15) is 4.79 Å². The molecule has 0 aromatic heterocycles. The first-order chi connectivity index (χ1) is 10.8. The first-order valence-electron chi connectivity index (χ1n) is 8.84. The number of rotatable bonds is 5. The number of piperidine rings is 1. The number of hydrogen-bond donors (Lipinski definition) is 1. The monoisotopic (exact) mass is 300 g/mol. The summed E-state index contributed by atoms with van der Waals surface area (Å²) in [7, 11) is 0. The van der Waals surface area contributed by atoms with Gasteiger partial charge in [-0.2, -0.15) is 0 Å². The van der Waals surface area contributed by atoms with Crippen molar-refractivity contribution in [3.8, 4) is 0 Å². The van der Waals surface area contributed by atoms with Gasteiger partial charge in [-0.05, 0) is 43.2 Å². The Morgan fingerprint density at radius 1 is 1.09 bits per heavy atom. The second-order valence-corrected chi connectivity index (χ2v) is 6.91. The lowest BCUT2D eigenvalue weighted by atomic mass is 9.75. The Kier molecular flexibility index (Phi) is 5.49. The predicted molar refractivity (Wildman–Crippen MR) is 89.7 cm³/mol. The number of fused-ring (bicyclic) bond motifs is 1. The van der Waals surface area contributed by atoms with E-state index in [1.165, 1.54) is 37.7 Å². The Bertz CT molecular complexity index is 474. The van der Waals surface area contributed by atoms with Crippen molar-refractivity contribution >= 4 is 5.91 Å². The van der Waals surface area contributed by atoms with Crippen molar-refractivity contribution in [1.82, 2.24) is 10.2 Å². The molecule has 0 unspecified atom stereocenters. The molecule has 22 heavy (non-hydrogen) atoms. The van der Waals surface area contributed by atoms with Gasteiger partial charge < -0.3 is 5.32 Å². The quantitative estimate of drug-likeness (QED) is 0.907. The molecule has 0 radical (unpaired) electrons. The molecule has 1 aromatic carbocycles. The van der Waals surface area contributed by atoms with Gasteiger partial charge in [-0.25, -0.2) is 0 Å². The van der Waals surface area contributed by atoms with E-state index in [0.29, 0.717) is 6.54 Å². The van der Waals surface area contributed by atoms with Crippen LogP contribution in [-0.4, -0.2) is 37.0 Å². The minimum Gasteiger partial charge on any atom is -0.355 e. The van der Waals surface area contributed by atoms with E-state index in [1.807, 2.05) is 18.2 Å². The standard InChI is InChI=1S/C19H28N2O/c22-19(20-12-10-16-6-2-1-3-7-16)15-21-13-11-17-8-4-5-9-18(17)14-21/h1-3,6-7,17-18H,4-5,8-15H2,(H,20,22)/t17-,18+/m0/s1. The summed E-state index contributed by atoms with van der Waals surface area (Å²) in [5, 5.41) is 3.07. The Morgan fingerprint density at radius 3 is 2.68 bits per heavy atom. The Labute approximate surface area is 134 Å². The van der Waals surface area contributed by atoms with Crippen molar-refractivity contribution < 1.29 is 4.79 Å². The van der Waals surface area contributed by atoms with Gasteiger partial charge in [-0.3, -0.25) is 9.69 Å². The molecule has 1 N–H and O–H groups in total. The van der Waals surface area contributed by atoms with Crippen LogP contribution in [0.2, 0.25) is 0 Å². The van der Waals surface area contributed by atoms with Crippen LogP contribution < -0.4 is 5.32 Å². The minimum absolute atomic E-state index is 0.185. The molecule has 1 saturated heterocycles. The van der Waals surface area contributed by atoms with Gasteiger partial charge in [0.1, 0.15) is 0 Å². The Hall–Kier alpha value is -1.35. The number of carbonyl (C=O) groups excluding carboxylic acids is 1. The van der Waals surface area contributed by atoms with Crippen LogP contribution in [0, 0.1) is 11.8 Å². The number of likely N-dealkylation sites (tertiary alicyclic amines) is 1. The molecule has 1 aliphatic carbocycles. The van der Waals surface area contributed by atoms with Crippen LogP contribution in [0.4, 0.5) is 0 Å². The zero-order valence-electron chi connectivity index (χ0n) is 13.5. The van der Waals surface area contributed by atoms with Gasteiger partial charge in [-0.15, -0.1) is 0 Å². The first-order valence-corrected chi connectivity index (χ1v) is 8.84. The zero-order valence-corrected chi connectivity index (χ0v) is 13.5. The third-order valence-electron chi connectivity index (χ3n) is 5.32. The molecule has 0 spiro atoms. The molecule has 1 aromatic rings. The SMILES string of the molecule is O=C(CN1CC[C@@H]2CCCC[C@@H]2C1)NCCc1ccccc1. The molecule has 0 bridgehead atoms. The second kappa shape index (κ2) is 7.77. The first kappa shape index (κ1) is 15.5. The third-order valence-corrected chi connectivity index (χ3v) is 5.32. The Morgan fingerprint density at radius 2 is 1.86 bits per heavy atom. The zero-order chi connectivity index (χ0) is 15.2. The van der Waals surface area contributed by atoms with E-state index in [1.54, 1.807) is 0 Å². The second-order valence-electron chi connectivity index (χ2n) is 6.91. The van der Waals surface area contributed by atoms with Crippen LogP contribution in [0.25, 0.3) is 0 Å². The topological polar surface area (TPSA) is 32.3 Å². The average molecular weight is 300 g/mol.